The van der Waals surface area contributed by atoms with Crippen molar-refractivity contribution < 1.29 is 33.7 Å². The molecule has 0 aromatic heterocycles. The van der Waals surface area contributed by atoms with E-state index in [1.165, 1.54) is 6.08 Å². The van der Waals surface area contributed by atoms with Crippen molar-refractivity contribution in [3.05, 3.63) is 95.8 Å². The van der Waals surface area contributed by atoms with E-state index in [0.29, 0.717) is 18.8 Å². The fourth-order valence-electron chi connectivity index (χ4n) is 4.31. The third-order valence-electron chi connectivity index (χ3n) is 6.07. The van der Waals surface area contributed by atoms with Gasteiger partial charge in [-0.15, -0.1) is 0 Å². The van der Waals surface area contributed by atoms with Gasteiger partial charge in [0, 0.05) is 0 Å². The molecule has 2 heterocycles. The van der Waals surface area contributed by atoms with Crippen molar-refractivity contribution in [3.8, 4) is 0 Å². The number of aliphatic hydroxyl groups excluding tert-OH is 1. The van der Waals surface area contributed by atoms with Crippen LogP contribution in [0.5, 0.6) is 0 Å². The second-order valence-corrected chi connectivity index (χ2v) is 8.51. The highest BCUT2D eigenvalue weighted by atomic mass is 16.6. The molecule has 188 valence electrons. The minimum absolute atomic E-state index is 0.0466. The Kier molecular flexibility index (Phi) is 8.65. The number of hydrogen-bond acceptors (Lipinski definition) is 7. The van der Waals surface area contributed by atoms with Crippen LogP contribution < -0.4 is 0 Å². The molecule has 3 atom stereocenters. The summed E-state index contributed by atoms with van der Waals surface area (Å²) in [5, 5.41) is 8.83. The van der Waals surface area contributed by atoms with Gasteiger partial charge in [-0.3, -0.25) is 9.59 Å². The van der Waals surface area contributed by atoms with Gasteiger partial charge in [-0.05, 0) is 42.2 Å². The summed E-state index contributed by atoms with van der Waals surface area (Å²) in [6.45, 7) is 0.606. The van der Waals surface area contributed by atoms with Crippen LogP contribution >= 0.6 is 0 Å². The second kappa shape index (κ2) is 12.3. The fourth-order valence-corrected chi connectivity index (χ4v) is 4.31. The van der Waals surface area contributed by atoms with Gasteiger partial charge in [0.15, 0.2) is 11.9 Å². The zero-order chi connectivity index (χ0) is 25.3. The molecule has 0 aliphatic carbocycles. The van der Waals surface area contributed by atoms with Gasteiger partial charge in [0.05, 0.1) is 25.7 Å². The van der Waals surface area contributed by atoms with Crippen LogP contribution in [-0.4, -0.2) is 60.3 Å². The lowest BCUT2D eigenvalue weighted by Crippen LogP contribution is -2.47. The molecule has 0 saturated carbocycles. The van der Waals surface area contributed by atoms with Crippen LogP contribution in [0.2, 0.25) is 0 Å². The lowest BCUT2D eigenvalue weighted by molar-refractivity contribution is -0.143. The lowest BCUT2D eigenvalue weighted by atomic mass is 9.88. The SMILES string of the molecule is O=C1C=CC(=CCCOCCO)O[C@H]1[C@H](Cc1ccccc1)C(=O)N1C(=O)OC[C@@H]1c1ccccc1. The third kappa shape index (κ3) is 6.08. The number of imide groups is 1. The average Bonchev–Trinajstić information content (AvgIpc) is 3.30. The quantitative estimate of drug-likeness (QED) is 0.509. The Morgan fingerprint density at radius 1 is 1.06 bits per heavy atom. The van der Waals surface area contributed by atoms with Crippen molar-refractivity contribution in [2.45, 2.75) is 25.0 Å². The largest absolute Gasteiger partial charge is 0.482 e. The molecule has 0 bridgehead atoms. The molecular formula is C28H29NO7. The first-order chi connectivity index (χ1) is 17.6. The Hall–Kier alpha value is -3.75. The Morgan fingerprint density at radius 3 is 2.50 bits per heavy atom. The zero-order valence-electron chi connectivity index (χ0n) is 19.8. The molecule has 2 aromatic carbocycles. The van der Waals surface area contributed by atoms with Crippen LogP contribution in [-0.2, 0) is 30.2 Å². The molecule has 1 N–H and O–H groups in total. The maximum absolute atomic E-state index is 13.9. The van der Waals surface area contributed by atoms with Crippen LogP contribution in [0.15, 0.2) is 84.7 Å². The Balaban J connectivity index is 1.60. The number of cyclic esters (lactones) is 1. The van der Waals surface area contributed by atoms with Crippen molar-refractivity contribution in [1.82, 2.24) is 4.90 Å². The van der Waals surface area contributed by atoms with Crippen molar-refractivity contribution in [1.29, 1.82) is 0 Å². The molecule has 8 nitrogen and oxygen atoms in total. The Morgan fingerprint density at radius 2 is 1.78 bits per heavy atom. The monoisotopic (exact) mass is 491 g/mol. The van der Waals surface area contributed by atoms with E-state index in [9.17, 15) is 14.4 Å². The van der Waals surface area contributed by atoms with Crippen LogP contribution in [0.25, 0.3) is 0 Å². The van der Waals surface area contributed by atoms with E-state index in [0.717, 1.165) is 16.0 Å². The van der Waals surface area contributed by atoms with E-state index < -0.39 is 30.1 Å². The molecule has 2 aromatic rings. The van der Waals surface area contributed by atoms with Gasteiger partial charge in [-0.25, -0.2) is 9.69 Å². The number of benzene rings is 2. The highest BCUT2D eigenvalue weighted by molar-refractivity contribution is 6.02. The zero-order valence-corrected chi connectivity index (χ0v) is 19.8. The molecule has 0 radical (unpaired) electrons. The highest BCUT2D eigenvalue weighted by Gasteiger charge is 2.46. The van der Waals surface area contributed by atoms with Crippen LogP contribution in [0.3, 0.4) is 0 Å². The summed E-state index contributed by atoms with van der Waals surface area (Å²) in [5.41, 5.74) is 1.61. The number of hydrogen-bond donors (Lipinski definition) is 1. The topological polar surface area (TPSA) is 102 Å². The summed E-state index contributed by atoms with van der Waals surface area (Å²) in [4.78, 5) is 40.7. The van der Waals surface area contributed by atoms with E-state index in [1.54, 1.807) is 12.2 Å². The van der Waals surface area contributed by atoms with Gasteiger partial charge >= 0.3 is 6.09 Å². The molecule has 1 saturated heterocycles. The number of ether oxygens (including phenoxy) is 3. The first-order valence-corrected chi connectivity index (χ1v) is 11.9. The molecule has 4 rings (SSSR count). The molecule has 0 unspecified atom stereocenters. The maximum Gasteiger partial charge on any atom is 0.417 e. The minimum atomic E-state index is -1.10. The predicted molar refractivity (Wildman–Crippen MR) is 131 cm³/mol. The third-order valence-corrected chi connectivity index (χ3v) is 6.07. The van der Waals surface area contributed by atoms with Crippen LogP contribution in [0.4, 0.5) is 4.79 Å². The summed E-state index contributed by atoms with van der Waals surface area (Å²) >= 11 is 0. The van der Waals surface area contributed by atoms with Crippen molar-refractivity contribution in [2.75, 3.05) is 26.4 Å². The van der Waals surface area contributed by atoms with E-state index in [1.807, 2.05) is 60.7 Å². The highest BCUT2D eigenvalue weighted by Crippen LogP contribution is 2.32. The van der Waals surface area contributed by atoms with Gasteiger partial charge in [-0.1, -0.05) is 60.7 Å². The molecular weight excluding hydrogens is 462 g/mol. The molecule has 2 aliphatic heterocycles. The number of amides is 2. The van der Waals surface area contributed by atoms with Crippen LogP contribution in [0, 0.1) is 5.92 Å². The fraction of sp³-hybridized carbons (Fsp3) is 0.321. The molecule has 1 fully saturated rings. The van der Waals surface area contributed by atoms with E-state index in [2.05, 4.69) is 0 Å². The number of carbonyl (C=O) groups excluding carboxylic acids is 3. The van der Waals surface area contributed by atoms with E-state index in [4.69, 9.17) is 19.3 Å². The first kappa shape index (κ1) is 25.3. The van der Waals surface area contributed by atoms with Crippen molar-refractivity contribution in [2.24, 2.45) is 5.92 Å². The normalized spacial score (nSPS) is 21.4. The van der Waals surface area contributed by atoms with Gasteiger partial charge in [0.25, 0.3) is 0 Å². The lowest BCUT2D eigenvalue weighted by Gasteiger charge is -2.31. The van der Waals surface area contributed by atoms with Gasteiger partial charge in [0.2, 0.25) is 5.91 Å². The smallest absolute Gasteiger partial charge is 0.417 e. The number of rotatable bonds is 10. The molecule has 0 spiro atoms. The first-order valence-electron chi connectivity index (χ1n) is 11.9. The summed E-state index contributed by atoms with van der Waals surface area (Å²) in [6.07, 6.45) is 3.62. The van der Waals surface area contributed by atoms with Crippen molar-refractivity contribution in [3.63, 3.8) is 0 Å². The Bertz CT molecular complexity index is 1110. The summed E-state index contributed by atoms with van der Waals surface area (Å²) < 4.78 is 16.5. The summed E-state index contributed by atoms with van der Waals surface area (Å²) in [7, 11) is 0. The number of aliphatic hydroxyl groups is 1. The summed E-state index contributed by atoms with van der Waals surface area (Å²) in [5.74, 6) is -1.37. The molecule has 36 heavy (non-hydrogen) atoms. The van der Waals surface area contributed by atoms with Gasteiger partial charge in [-0.2, -0.15) is 0 Å². The predicted octanol–water partition coefficient (Wildman–Crippen LogP) is 3.37. The van der Waals surface area contributed by atoms with E-state index in [-0.39, 0.29) is 32.0 Å². The minimum Gasteiger partial charge on any atom is -0.482 e. The number of ketones is 1. The van der Waals surface area contributed by atoms with E-state index >= 15 is 0 Å². The van der Waals surface area contributed by atoms with Crippen molar-refractivity contribution >= 4 is 17.8 Å². The molecule has 8 heteroatoms. The maximum atomic E-state index is 13.9. The Labute approximate surface area is 209 Å². The van der Waals surface area contributed by atoms with Gasteiger partial charge < -0.3 is 19.3 Å². The second-order valence-electron chi connectivity index (χ2n) is 8.51. The molecule has 2 aliphatic rings. The standard InChI is InChI=1S/C28H29NO7/c30-15-17-34-16-7-12-22-13-14-25(31)26(36-22)23(18-20-8-3-1-4-9-20)27(32)29-24(19-35-28(29)33)21-10-5-2-6-11-21/h1-6,8-14,23-24,26,30H,7,15-19H2/t23-,24+,26-/m0/s1. The van der Waals surface area contributed by atoms with Gasteiger partial charge in [0.1, 0.15) is 18.4 Å². The number of allylic oxidation sites excluding steroid dienone is 1. The number of nitrogens with zero attached hydrogens (tertiary/aromatic N) is 1. The molecule has 2 amide bonds. The average molecular weight is 492 g/mol. The van der Waals surface area contributed by atoms with Crippen LogP contribution in [0.1, 0.15) is 23.6 Å². The summed E-state index contributed by atoms with van der Waals surface area (Å²) in [6, 6.07) is 17.9. The number of carbonyl (C=O) groups is 3.